The molecule has 0 radical (unpaired) electrons. The van der Waals surface area contributed by atoms with Crippen LogP contribution in [0, 0.1) is 0 Å². The third-order valence-electron chi connectivity index (χ3n) is 1.82. The van der Waals surface area contributed by atoms with Crippen molar-refractivity contribution in [2.45, 2.75) is 44.5 Å². The molecule has 2 nitrogen and oxygen atoms in total. The molecule has 0 N–H and O–H groups in total. The van der Waals surface area contributed by atoms with Gasteiger partial charge in [0, 0.05) is 12.6 Å². The van der Waals surface area contributed by atoms with Gasteiger partial charge in [-0.25, -0.2) is 0 Å². The van der Waals surface area contributed by atoms with E-state index in [1.807, 2.05) is 41.7 Å². The second-order valence-corrected chi connectivity index (χ2v) is 6.49. The Bertz CT molecular complexity index is 176. The van der Waals surface area contributed by atoms with Crippen molar-refractivity contribution in [2.24, 2.45) is 0 Å². The molecule has 72 valence electrons. The average Bonchev–Trinajstić information content (AvgIpc) is 1.80. The van der Waals surface area contributed by atoms with Gasteiger partial charge in [0.15, 0.2) is 0 Å². The summed E-state index contributed by atoms with van der Waals surface area (Å²) >= 11 is 3.35. The van der Waals surface area contributed by atoms with Crippen molar-refractivity contribution >= 4 is 21.8 Å². The molecular formula is C9H18BrNO. The Labute approximate surface area is 83.4 Å². The Kier molecular flexibility index (Phi) is 3.35. The molecule has 0 saturated heterocycles. The van der Waals surface area contributed by atoms with Gasteiger partial charge in [-0.1, -0.05) is 15.9 Å². The quantitative estimate of drug-likeness (QED) is 0.640. The lowest BCUT2D eigenvalue weighted by atomic mass is 10.0. The number of alkyl halides is 1. The zero-order valence-electron chi connectivity index (χ0n) is 8.73. The number of rotatable bonds is 1. The van der Waals surface area contributed by atoms with Crippen molar-refractivity contribution in [3.05, 3.63) is 0 Å². The Hall–Kier alpha value is -0.0500. The smallest absolute Gasteiger partial charge is 0.239 e. The van der Waals surface area contributed by atoms with Crippen LogP contribution < -0.4 is 0 Å². The van der Waals surface area contributed by atoms with Gasteiger partial charge in [0.05, 0.1) is 4.32 Å². The predicted octanol–water partition coefficient (Wildman–Crippen LogP) is 2.42. The number of hydrogen-bond donors (Lipinski definition) is 0. The molecule has 0 aliphatic carbocycles. The Morgan fingerprint density at radius 1 is 1.17 bits per heavy atom. The maximum absolute atomic E-state index is 11.7. The van der Waals surface area contributed by atoms with E-state index in [-0.39, 0.29) is 11.4 Å². The van der Waals surface area contributed by atoms with Gasteiger partial charge in [-0.15, -0.1) is 0 Å². The minimum absolute atomic E-state index is 0.106. The highest BCUT2D eigenvalue weighted by Gasteiger charge is 2.32. The third-order valence-corrected chi connectivity index (χ3v) is 2.16. The number of nitrogens with zero attached hydrogens (tertiary/aromatic N) is 1. The Morgan fingerprint density at radius 3 is 1.58 bits per heavy atom. The maximum atomic E-state index is 11.7. The molecule has 0 aliphatic rings. The summed E-state index contributed by atoms with van der Waals surface area (Å²) in [5.74, 6) is 0.106. The summed E-state index contributed by atoms with van der Waals surface area (Å²) in [4.78, 5) is 13.4. The molecule has 0 unspecified atom stereocenters. The van der Waals surface area contributed by atoms with Crippen molar-refractivity contribution in [3.63, 3.8) is 0 Å². The van der Waals surface area contributed by atoms with Crippen molar-refractivity contribution in [1.29, 1.82) is 0 Å². The first-order valence-corrected chi connectivity index (χ1v) is 4.83. The van der Waals surface area contributed by atoms with Gasteiger partial charge in [0.2, 0.25) is 5.91 Å². The zero-order chi connectivity index (χ0) is 10.2. The van der Waals surface area contributed by atoms with E-state index in [0.29, 0.717) is 0 Å². The van der Waals surface area contributed by atoms with Crippen LogP contribution in [0.5, 0.6) is 0 Å². The number of amides is 1. The van der Waals surface area contributed by atoms with Crippen LogP contribution in [-0.4, -0.2) is 27.7 Å². The lowest BCUT2D eigenvalue weighted by Gasteiger charge is -2.35. The van der Waals surface area contributed by atoms with E-state index in [2.05, 4.69) is 15.9 Å². The van der Waals surface area contributed by atoms with Crippen LogP contribution in [0.25, 0.3) is 0 Å². The van der Waals surface area contributed by atoms with E-state index < -0.39 is 4.32 Å². The standard InChI is InChI=1S/C9H18BrNO/c1-8(2,3)11(6)7(12)9(4,5)10/h1-6H3. The highest BCUT2D eigenvalue weighted by molar-refractivity contribution is 9.10. The molecule has 0 rings (SSSR count). The lowest BCUT2D eigenvalue weighted by molar-refractivity contribution is -0.135. The Balaban J connectivity index is 4.53. The predicted molar refractivity (Wildman–Crippen MR) is 55.5 cm³/mol. The molecule has 0 heterocycles. The summed E-state index contributed by atoms with van der Waals surface area (Å²) in [5.41, 5.74) is -0.109. The molecule has 0 aromatic heterocycles. The van der Waals surface area contributed by atoms with Crippen molar-refractivity contribution < 1.29 is 4.79 Å². The fraction of sp³-hybridized carbons (Fsp3) is 0.889. The number of carbonyl (C=O) groups excluding carboxylic acids is 1. The maximum Gasteiger partial charge on any atom is 0.239 e. The van der Waals surface area contributed by atoms with Gasteiger partial charge in [0.25, 0.3) is 0 Å². The Morgan fingerprint density at radius 2 is 1.50 bits per heavy atom. The topological polar surface area (TPSA) is 20.3 Å². The van der Waals surface area contributed by atoms with Gasteiger partial charge in [-0.3, -0.25) is 4.79 Å². The van der Waals surface area contributed by atoms with E-state index in [1.165, 1.54) is 0 Å². The first-order valence-electron chi connectivity index (χ1n) is 4.04. The molecule has 0 spiro atoms. The molecule has 0 aromatic carbocycles. The average molecular weight is 236 g/mol. The van der Waals surface area contributed by atoms with Crippen molar-refractivity contribution in [3.8, 4) is 0 Å². The largest absolute Gasteiger partial charge is 0.340 e. The van der Waals surface area contributed by atoms with Gasteiger partial charge in [-0.05, 0) is 34.6 Å². The van der Waals surface area contributed by atoms with E-state index in [4.69, 9.17) is 0 Å². The van der Waals surface area contributed by atoms with Gasteiger partial charge >= 0.3 is 0 Å². The number of carbonyl (C=O) groups is 1. The molecule has 0 aromatic rings. The summed E-state index contributed by atoms with van der Waals surface area (Å²) in [6.07, 6.45) is 0. The molecule has 0 fully saturated rings. The van der Waals surface area contributed by atoms with Crippen LogP contribution in [0.3, 0.4) is 0 Å². The molecule has 3 heteroatoms. The van der Waals surface area contributed by atoms with Gasteiger partial charge < -0.3 is 4.90 Å². The fourth-order valence-corrected chi connectivity index (χ4v) is 0.969. The van der Waals surface area contributed by atoms with Crippen LogP contribution in [0.1, 0.15) is 34.6 Å². The van der Waals surface area contributed by atoms with Crippen LogP contribution in [-0.2, 0) is 4.79 Å². The molecule has 0 saturated carbocycles. The summed E-state index contributed by atoms with van der Waals surface area (Å²) < 4.78 is -0.463. The second kappa shape index (κ2) is 3.36. The van der Waals surface area contributed by atoms with Crippen LogP contribution in [0.15, 0.2) is 0 Å². The summed E-state index contributed by atoms with van der Waals surface area (Å²) in [7, 11) is 1.82. The third kappa shape index (κ3) is 3.13. The van der Waals surface area contributed by atoms with E-state index in [0.717, 1.165) is 0 Å². The van der Waals surface area contributed by atoms with Crippen molar-refractivity contribution in [1.82, 2.24) is 4.90 Å². The normalized spacial score (nSPS) is 12.9. The fourth-order valence-electron chi connectivity index (χ4n) is 0.703. The lowest BCUT2D eigenvalue weighted by Crippen LogP contribution is -2.48. The zero-order valence-corrected chi connectivity index (χ0v) is 10.3. The monoisotopic (exact) mass is 235 g/mol. The summed E-state index contributed by atoms with van der Waals surface area (Å²) in [5, 5.41) is 0. The van der Waals surface area contributed by atoms with Crippen LogP contribution >= 0.6 is 15.9 Å². The van der Waals surface area contributed by atoms with Gasteiger partial charge in [0.1, 0.15) is 0 Å². The summed E-state index contributed by atoms with van der Waals surface area (Å²) in [6, 6.07) is 0. The summed E-state index contributed by atoms with van der Waals surface area (Å²) in [6.45, 7) is 9.77. The molecule has 0 aliphatic heterocycles. The van der Waals surface area contributed by atoms with E-state index >= 15 is 0 Å². The van der Waals surface area contributed by atoms with Crippen molar-refractivity contribution in [2.75, 3.05) is 7.05 Å². The van der Waals surface area contributed by atoms with Crippen LogP contribution in [0.4, 0.5) is 0 Å². The number of halogens is 1. The highest BCUT2D eigenvalue weighted by atomic mass is 79.9. The van der Waals surface area contributed by atoms with E-state index in [1.54, 1.807) is 4.90 Å². The molecule has 0 atom stereocenters. The molecular weight excluding hydrogens is 218 g/mol. The minimum atomic E-state index is -0.463. The molecule has 12 heavy (non-hydrogen) atoms. The van der Waals surface area contributed by atoms with Crippen LogP contribution in [0.2, 0.25) is 0 Å². The first-order chi connectivity index (χ1) is 5.07. The highest BCUT2D eigenvalue weighted by Crippen LogP contribution is 2.22. The molecule has 1 amide bonds. The second-order valence-electron chi connectivity index (χ2n) is 4.51. The van der Waals surface area contributed by atoms with E-state index in [9.17, 15) is 4.79 Å². The van der Waals surface area contributed by atoms with Gasteiger partial charge in [-0.2, -0.15) is 0 Å². The minimum Gasteiger partial charge on any atom is -0.340 e. The number of hydrogen-bond acceptors (Lipinski definition) is 1. The molecule has 0 bridgehead atoms. The SMILES string of the molecule is CN(C(=O)C(C)(C)Br)C(C)(C)C. The first kappa shape index (κ1) is 11.9.